The monoisotopic (exact) mass is 192 g/mol. The average Bonchev–Trinajstić information content (AvgIpc) is 2.26. The molecule has 1 N–H and O–H groups in total. The Hall–Kier alpha value is -1.15. The third-order valence-corrected chi connectivity index (χ3v) is 2.39. The molecule has 2 unspecified atom stereocenters. The summed E-state index contributed by atoms with van der Waals surface area (Å²) < 4.78 is 0. The molecular formula is C12H16O2. The molecule has 2 nitrogen and oxygen atoms in total. The Morgan fingerprint density at radius 1 is 1.36 bits per heavy atom. The lowest BCUT2D eigenvalue weighted by Crippen LogP contribution is -2.19. The number of hydrogen-bond donors (Lipinski definition) is 1. The van der Waals surface area contributed by atoms with E-state index in [0.29, 0.717) is 6.42 Å². The molecule has 76 valence electrons. The van der Waals surface area contributed by atoms with Gasteiger partial charge in [0.15, 0.2) is 0 Å². The maximum atomic E-state index is 10.4. The van der Waals surface area contributed by atoms with E-state index in [0.717, 1.165) is 12.7 Å². The average molecular weight is 192 g/mol. The van der Waals surface area contributed by atoms with Crippen molar-refractivity contribution in [2.75, 3.05) is 0 Å². The van der Waals surface area contributed by atoms with Crippen LogP contribution in [0.1, 0.15) is 18.9 Å². The Morgan fingerprint density at radius 3 is 2.57 bits per heavy atom. The topological polar surface area (TPSA) is 37.3 Å². The van der Waals surface area contributed by atoms with Gasteiger partial charge in [0.1, 0.15) is 6.29 Å². The summed E-state index contributed by atoms with van der Waals surface area (Å²) in [7, 11) is 0. The zero-order valence-electron chi connectivity index (χ0n) is 8.39. The highest BCUT2D eigenvalue weighted by Gasteiger charge is 2.12. The molecular weight excluding hydrogens is 176 g/mol. The first-order valence-corrected chi connectivity index (χ1v) is 4.91. The van der Waals surface area contributed by atoms with E-state index >= 15 is 0 Å². The van der Waals surface area contributed by atoms with Crippen LogP contribution in [0.5, 0.6) is 0 Å². The van der Waals surface area contributed by atoms with Crippen LogP contribution in [0.2, 0.25) is 0 Å². The Labute approximate surface area is 84.6 Å². The van der Waals surface area contributed by atoms with Gasteiger partial charge in [0.2, 0.25) is 0 Å². The van der Waals surface area contributed by atoms with Gasteiger partial charge in [-0.1, -0.05) is 37.3 Å². The smallest absolute Gasteiger partial charge is 0.125 e. The summed E-state index contributed by atoms with van der Waals surface area (Å²) in [4.78, 5) is 10.4. The summed E-state index contributed by atoms with van der Waals surface area (Å²) >= 11 is 0. The van der Waals surface area contributed by atoms with Crippen molar-refractivity contribution in [3.8, 4) is 0 Å². The van der Waals surface area contributed by atoms with Crippen molar-refractivity contribution < 1.29 is 9.90 Å². The summed E-state index contributed by atoms with van der Waals surface area (Å²) in [6.45, 7) is 1.74. The first-order valence-electron chi connectivity index (χ1n) is 4.91. The number of aliphatic hydroxyl groups excluding tert-OH is 1. The van der Waals surface area contributed by atoms with Crippen molar-refractivity contribution in [3.63, 3.8) is 0 Å². The Balaban J connectivity index is 2.37. The number of aryl methyl sites for hydroxylation is 1. The molecule has 0 bridgehead atoms. The van der Waals surface area contributed by atoms with Crippen molar-refractivity contribution in [1.29, 1.82) is 0 Å². The molecule has 0 aliphatic rings. The van der Waals surface area contributed by atoms with E-state index in [4.69, 9.17) is 0 Å². The van der Waals surface area contributed by atoms with E-state index in [1.165, 1.54) is 5.56 Å². The number of carbonyl (C=O) groups excluding carboxylic acids is 1. The van der Waals surface area contributed by atoms with Crippen molar-refractivity contribution in [3.05, 3.63) is 35.9 Å². The molecule has 0 saturated heterocycles. The molecule has 0 radical (unpaired) electrons. The lowest BCUT2D eigenvalue weighted by Gasteiger charge is -2.12. The molecule has 1 aromatic rings. The number of aliphatic hydroxyl groups is 1. The molecule has 0 amide bonds. The van der Waals surface area contributed by atoms with Gasteiger partial charge in [0.05, 0.1) is 6.10 Å². The second-order valence-electron chi connectivity index (χ2n) is 3.59. The van der Waals surface area contributed by atoms with E-state index in [1.807, 2.05) is 30.3 Å². The van der Waals surface area contributed by atoms with Gasteiger partial charge >= 0.3 is 0 Å². The van der Waals surface area contributed by atoms with Gasteiger partial charge in [0, 0.05) is 5.92 Å². The van der Waals surface area contributed by atoms with Gasteiger partial charge in [0.25, 0.3) is 0 Å². The van der Waals surface area contributed by atoms with Crippen LogP contribution in [0.15, 0.2) is 30.3 Å². The number of aldehydes is 1. The quantitative estimate of drug-likeness (QED) is 0.722. The van der Waals surface area contributed by atoms with Crippen LogP contribution >= 0.6 is 0 Å². The zero-order valence-corrected chi connectivity index (χ0v) is 8.39. The number of carbonyl (C=O) groups is 1. The highest BCUT2D eigenvalue weighted by atomic mass is 16.3. The van der Waals surface area contributed by atoms with E-state index in [1.54, 1.807) is 6.92 Å². The fraction of sp³-hybridized carbons (Fsp3) is 0.417. The van der Waals surface area contributed by atoms with Gasteiger partial charge in [-0.05, 0) is 18.4 Å². The van der Waals surface area contributed by atoms with Gasteiger partial charge in [-0.3, -0.25) is 0 Å². The summed E-state index contributed by atoms with van der Waals surface area (Å²) in [5.41, 5.74) is 1.20. The Bertz CT molecular complexity index is 269. The van der Waals surface area contributed by atoms with Crippen molar-refractivity contribution in [1.82, 2.24) is 0 Å². The van der Waals surface area contributed by atoms with E-state index in [9.17, 15) is 9.90 Å². The molecule has 0 aromatic heterocycles. The van der Waals surface area contributed by atoms with Crippen LogP contribution in [0.4, 0.5) is 0 Å². The van der Waals surface area contributed by atoms with Gasteiger partial charge in [-0.2, -0.15) is 0 Å². The molecule has 0 aliphatic heterocycles. The highest BCUT2D eigenvalue weighted by molar-refractivity contribution is 5.53. The third kappa shape index (κ3) is 3.30. The van der Waals surface area contributed by atoms with E-state index < -0.39 is 6.10 Å². The molecule has 0 fully saturated rings. The maximum absolute atomic E-state index is 10.4. The second-order valence-corrected chi connectivity index (χ2v) is 3.59. The van der Waals surface area contributed by atoms with Crippen LogP contribution in [0.3, 0.4) is 0 Å². The Kier molecular flexibility index (Phi) is 4.33. The lowest BCUT2D eigenvalue weighted by molar-refractivity contribution is -0.113. The van der Waals surface area contributed by atoms with Crippen LogP contribution in [-0.2, 0) is 11.2 Å². The molecule has 0 saturated carbocycles. The standard InChI is InChI=1S/C12H16O2/c1-10(9-13)12(14)8-7-11-5-3-2-4-6-11/h2-6,9-10,12,14H,7-8H2,1H3. The minimum absolute atomic E-state index is 0.265. The normalized spacial score (nSPS) is 14.7. The fourth-order valence-electron chi connectivity index (χ4n) is 1.31. The molecule has 14 heavy (non-hydrogen) atoms. The van der Waals surface area contributed by atoms with E-state index in [2.05, 4.69) is 0 Å². The number of rotatable bonds is 5. The number of benzene rings is 1. The predicted molar refractivity (Wildman–Crippen MR) is 56.0 cm³/mol. The Morgan fingerprint density at radius 2 is 2.00 bits per heavy atom. The molecule has 1 aromatic carbocycles. The summed E-state index contributed by atoms with van der Waals surface area (Å²) in [5.74, 6) is -0.265. The van der Waals surface area contributed by atoms with Gasteiger partial charge in [-0.25, -0.2) is 0 Å². The van der Waals surface area contributed by atoms with Crippen molar-refractivity contribution in [2.45, 2.75) is 25.9 Å². The fourth-order valence-corrected chi connectivity index (χ4v) is 1.31. The van der Waals surface area contributed by atoms with Crippen LogP contribution in [0, 0.1) is 5.92 Å². The van der Waals surface area contributed by atoms with Crippen molar-refractivity contribution in [2.24, 2.45) is 5.92 Å². The summed E-state index contributed by atoms with van der Waals surface area (Å²) in [6.07, 6.45) is 1.74. The first kappa shape index (κ1) is 10.9. The SMILES string of the molecule is CC(C=O)C(O)CCc1ccccc1. The minimum Gasteiger partial charge on any atom is -0.392 e. The van der Waals surface area contributed by atoms with Crippen molar-refractivity contribution >= 4 is 6.29 Å². The first-order chi connectivity index (χ1) is 6.74. The van der Waals surface area contributed by atoms with Crippen LogP contribution in [0.25, 0.3) is 0 Å². The zero-order chi connectivity index (χ0) is 10.4. The summed E-state index contributed by atoms with van der Waals surface area (Å²) in [5, 5.41) is 9.55. The third-order valence-electron chi connectivity index (χ3n) is 2.39. The van der Waals surface area contributed by atoms with Gasteiger partial charge < -0.3 is 9.90 Å². The summed E-state index contributed by atoms with van der Waals surface area (Å²) in [6, 6.07) is 9.97. The molecule has 2 atom stereocenters. The lowest BCUT2D eigenvalue weighted by atomic mass is 9.99. The second kappa shape index (κ2) is 5.55. The largest absolute Gasteiger partial charge is 0.392 e. The molecule has 0 spiro atoms. The molecule has 1 rings (SSSR count). The van der Waals surface area contributed by atoms with Crippen LogP contribution < -0.4 is 0 Å². The number of hydrogen-bond acceptors (Lipinski definition) is 2. The van der Waals surface area contributed by atoms with Gasteiger partial charge in [-0.15, -0.1) is 0 Å². The van der Waals surface area contributed by atoms with Crippen LogP contribution in [-0.4, -0.2) is 17.5 Å². The molecule has 0 aliphatic carbocycles. The molecule has 2 heteroatoms. The minimum atomic E-state index is -0.521. The predicted octanol–water partition coefficient (Wildman–Crippen LogP) is 1.82. The molecule has 0 heterocycles. The maximum Gasteiger partial charge on any atom is 0.125 e. The highest BCUT2D eigenvalue weighted by Crippen LogP contribution is 2.09. The van der Waals surface area contributed by atoms with E-state index in [-0.39, 0.29) is 5.92 Å².